The van der Waals surface area contributed by atoms with E-state index in [1.165, 1.54) is 17.4 Å². The average Bonchev–Trinajstić information content (AvgIpc) is 3.06. The Morgan fingerprint density at radius 2 is 2.30 bits per heavy atom. The summed E-state index contributed by atoms with van der Waals surface area (Å²) in [5, 5.41) is 10.3. The molecule has 2 aromatic heterocycles. The first kappa shape index (κ1) is 14.1. The maximum absolute atomic E-state index is 12.2. The van der Waals surface area contributed by atoms with Crippen LogP contribution in [0.25, 0.3) is 6.08 Å². The topological polar surface area (TPSA) is 70.8 Å². The lowest BCUT2D eigenvalue weighted by Crippen LogP contribution is -2.25. The molecule has 0 spiro atoms. The Balaban J connectivity index is 2.03. The van der Waals surface area contributed by atoms with Crippen LogP contribution in [-0.4, -0.2) is 28.9 Å². The number of hydrogen-bond acceptors (Lipinski definition) is 4. The lowest BCUT2D eigenvalue weighted by Gasteiger charge is -2.15. The van der Waals surface area contributed by atoms with E-state index in [9.17, 15) is 9.59 Å². The van der Waals surface area contributed by atoms with Crippen LogP contribution < -0.4 is 0 Å². The maximum atomic E-state index is 12.2. The summed E-state index contributed by atoms with van der Waals surface area (Å²) in [5.74, 6) is -1.12. The van der Waals surface area contributed by atoms with Gasteiger partial charge in [0.15, 0.2) is 0 Å². The van der Waals surface area contributed by atoms with Gasteiger partial charge in [-0.3, -0.25) is 4.79 Å². The Hall–Kier alpha value is -2.34. The van der Waals surface area contributed by atoms with E-state index in [0.717, 1.165) is 16.5 Å². The fraction of sp³-hybridized carbons (Fsp3) is 0.143. The van der Waals surface area contributed by atoms with Crippen LogP contribution in [0.5, 0.6) is 0 Å². The molecule has 1 amide bonds. The van der Waals surface area contributed by atoms with Gasteiger partial charge in [0.1, 0.15) is 0 Å². The van der Waals surface area contributed by atoms with Crippen LogP contribution in [0, 0.1) is 0 Å². The van der Waals surface area contributed by atoms with Gasteiger partial charge in [-0.15, -0.1) is 11.3 Å². The molecule has 0 fully saturated rings. The van der Waals surface area contributed by atoms with Gasteiger partial charge in [0, 0.05) is 35.5 Å². The van der Waals surface area contributed by atoms with Crippen molar-refractivity contribution in [1.82, 2.24) is 4.90 Å². The van der Waals surface area contributed by atoms with Gasteiger partial charge < -0.3 is 14.4 Å². The molecule has 0 unspecified atom stereocenters. The predicted molar refractivity (Wildman–Crippen MR) is 75.5 cm³/mol. The average molecular weight is 291 g/mol. The van der Waals surface area contributed by atoms with Crippen molar-refractivity contribution in [3.63, 3.8) is 0 Å². The van der Waals surface area contributed by atoms with E-state index in [1.807, 2.05) is 0 Å². The number of carbonyl (C=O) groups is 2. The Bertz CT molecular complexity index is 627. The molecular weight excluding hydrogens is 278 g/mol. The number of carbonyl (C=O) groups excluding carboxylic acids is 1. The van der Waals surface area contributed by atoms with Crippen LogP contribution in [0.2, 0.25) is 0 Å². The van der Waals surface area contributed by atoms with Crippen LogP contribution in [-0.2, 0) is 11.3 Å². The first-order valence-electron chi connectivity index (χ1n) is 5.82. The Morgan fingerprint density at radius 3 is 2.95 bits per heavy atom. The number of hydrogen-bond donors (Lipinski definition) is 1. The third-order valence-corrected chi connectivity index (χ3v) is 3.50. The molecule has 0 aromatic carbocycles. The van der Waals surface area contributed by atoms with Crippen LogP contribution in [0.1, 0.15) is 20.8 Å². The molecule has 2 heterocycles. The minimum Gasteiger partial charge on any atom is -0.478 e. The monoisotopic (exact) mass is 291 g/mol. The molecule has 0 saturated carbocycles. The summed E-state index contributed by atoms with van der Waals surface area (Å²) in [6, 6.07) is 3.48. The summed E-state index contributed by atoms with van der Waals surface area (Å²) in [7, 11) is 1.71. The van der Waals surface area contributed by atoms with Gasteiger partial charge in [-0.1, -0.05) is 0 Å². The number of furan rings is 1. The van der Waals surface area contributed by atoms with Crippen molar-refractivity contribution in [2.24, 2.45) is 0 Å². The largest absolute Gasteiger partial charge is 0.478 e. The first-order valence-corrected chi connectivity index (χ1v) is 6.70. The van der Waals surface area contributed by atoms with E-state index in [-0.39, 0.29) is 5.91 Å². The van der Waals surface area contributed by atoms with Crippen molar-refractivity contribution in [3.8, 4) is 0 Å². The third-order valence-electron chi connectivity index (χ3n) is 2.60. The molecule has 20 heavy (non-hydrogen) atoms. The van der Waals surface area contributed by atoms with E-state index in [2.05, 4.69) is 0 Å². The normalized spacial score (nSPS) is 10.8. The zero-order valence-corrected chi connectivity index (χ0v) is 11.6. The number of amides is 1. The molecule has 5 nitrogen and oxygen atoms in total. The maximum Gasteiger partial charge on any atom is 0.328 e. The summed E-state index contributed by atoms with van der Waals surface area (Å²) in [6.45, 7) is 0.464. The number of aliphatic carboxylic acids is 1. The zero-order valence-electron chi connectivity index (χ0n) is 10.8. The number of carboxylic acids is 1. The highest BCUT2D eigenvalue weighted by Gasteiger charge is 2.14. The highest BCUT2D eigenvalue weighted by Crippen LogP contribution is 2.18. The van der Waals surface area contributed by atoms with Crippen LogP contribution >= 0.6 is 11.3 Å². The summed E-state index contributed by atoms with van der Waals surface area (Å²) >= 11 is 1.33. The van der Waals surface area contributed by atoms with Crippen molar-refractivity contribution >= 4 is 29.3 Å². The van der Waals surface area contributed by atoms with Gasteiger partial charge in [0.2, 0.25) is 0 Å². The molecule has 6 heteroatoms. The molecule has 2 rings (SSSR count). The fourth-order valence-corrected chi connectivity index (χ4v) is 2.43. The molecule has 0 aliphatic rings. The highest BCUT2D eigenvalue weighted by atomic mass is 32.1. The summed E-state index contributed by atoms with van der Waals surface area (Å²) in [6.07, 6.45) is 5.68. The summed E-state index contributed by atoms with van der Waals surface area (Å²) < 4.78 is 4.96. The Labute approximate surface area is 119 Å². The van der Waals surface area contributed by atoms with Crippen LogP contribution in [0.4, 0.5) is 0 Å². The lowest BCUT2D eigenvalue weighted by atomic mass is 10.2. The quantitative estimate of drug-likeness (QED) is 0.860. The second-order valence-electron chi connectivity index (χ2n) is 4.20. The molecule has 0 radical (unpaired) electrons. The molecule has 104 valence electrons. The minimum atomic E-state index is -1.01. The molecule has 0 bridgehead atoms. The van der Waals surface area contributed by atoms with Crippen molar-refractivity contribution in [1.29, 1.82) is 0 Å². The standard InChI is InChI=1S/C14H13NO4S/c1-15(7-10-4-5-19-8-10)14(18)11-6-12(20-9-11)2-3-13(16)17/h2-6,8-9H,7H2,1H3,(H,16,17). The molecule has 1 N–H and O–H groups in total. The third kappa shape index (κ3) is 3.58. The van der Waals surface area contributed by atoms with E-state index in [1.54, 1.807) is 42.0 Å². The van der Waals surface area contributed by atoms with Gasteiger partial charge >= 0.3 is 5.97 Å². The van der Waals surface area contributed by atoms with E-state index < -0.39 is 5.97 Å². The molecule has 0 saturated heterocycles. The molecule has 0 aliphatic heterocycles. The number of nitrogens with zero attached hydrogens (tertiary/aromatic N) is 1. The van der Waals surface area contributed by atoms with Gasteiger partial charge in [-0.2, -0.15) is 0 Å². The molecular formula is C14H13NO4S. The van der Waals surface area contributed by atoms with Crippen LogP contribution in [0.15, 0.2) is 40.5 Å². The van der Waals surface area contributed by atoms with Crippen molar-refractivity contribution in [3.05, 3.63) is 52.1 Å². The number of thiophene rings is 1. The van der Waals surface area contributed by atoms with Gasteiger partial charge in [0.25, 0.3) is 5.91 Å². The fourth-order valence-electron chi connectivity index (χ4n) is 1.65. The second-order valence-corrected chi connectivity index (χ2v) is 5.14. The van der Waals surface area contributed by atoms with E-state index >= 15 is 0 Å². The van der Waals surface area contributed by atoms with Gasteiger partial charge in [-0.05, 0) is 18.2 Å². The van der Waals surface area contributed by atoms with Crippen molar-refractivity contribution in [2.45, 2.75) is 6.54 Å². The van der Waals surface area contributed by atoms with E-state index in [0.29, 0.717) is 12.1 Å². The van der Waals surface area contributed by atoms with Crippen molar-refractivity contribution in [2.75, 3.05) is 7.05 Å². The lowest BCUT2D eigenvalue weighted by molar-refractivity contribution is -0.131. The smallest absolute Gasteiger partial charge is 0.328 e. The second kappa shape index (κ2) is 6.21. The Morgan fingerprint density at radius 1 is 1.50 bits per heavy atom. The Kier molecular flexibility index (Phi) is 4.37. The zero-order chi connectivity index (χ0) is 14.5. The summed E-state index contributed by atoms with van der Waals surface area (Å²) in [5.41, 5.74) is 1.47. The van der Waals surface area contributed by atoms with Crippen LogP contribution in [0.3, 0.4) is 0 Å². The van der Waals surface area contributed by atoms with E-state index in [4.69, 9.17) is 9.52 Å². The molecule has 2 aromatic rings. The summed E-state index contributed by atoms with van der Waals surface area (Å²) in [4.78, 5) is 24.9. The number of carboxylic acid groups (broad SMARTS) is 1. The van der Waals surface area contributed by atoms with Crippen molar-refractivity contribution < 1.29 is 19.1 Å². The molecule has 0 atom stereocenters. The van der Waals surface area contributed by atoms with Gasteiger partial charge in [0.05, 0.1) is 18.1 Å². The SMILES string of the molecule is CN(Cc1ccoc1)C(=O)c1csc(C=CC(=O)O)c1. The van der Waals surface area contributed by atoms with Gasteiger partial charge in [-0.25, -0.2) is 4.79 Å². The highest BCUT2D eigenvalue weighted by molar-refractivity contribution is 7.11. The molecule has 0 aliphatic carbocycles. The minimum absolute atomic E-state index is 0.113. The number of rotatable bonds is 5. The first-order chi connectivity index (χ1) is 9.56. The predicted octanol–water partition coefficient (Wildman–Crippen LogP) is 2.71.